The Morgan fingerprint density at radius 3 is 3.19 bits per heavy atom. The van der Waals surface area contributed by atoms with E-state index in [1.165, 1.54) is 31.2 Å². The summed E-state index contributed by atoms with van der Waals surface area (Å²) in [6, 6.07) is 0. The maximum atomic E-state index is 11.7. The van der Waals surface area contributed by atoms with Crippen LogP contribution in [-0.4, -0.2) is 33.7 Å². The average Bonchev–Trinajstić information content (AvgIpc) is 2.74. The molecule has 4 N–H and O–H groups in total. The summed E-state index contributed by atoms with van der Waals surface area (Å²) in [4.78, 5) is 11.7. The molecule has 0 radical (unpaired) electrons. The van der Waals surface area contributed by atoms with Gasteiger partial charge in [0.2, 0.25) is 0 Å². The fraction of sp³-hybridized carbons (Fsp3) is 0.600. The number of amides is 1. The minimum Gasteiger partial charge on any atom is -0.396 e. The minimum atomic E-state index is -0.166. The SMILES string of the molecule is Nc1cn[nH]c1C(=O)NCC1CCCCS1. The number of nitrogens with zero attached hydrogens (tertiary/aromatic N) is 1. The third-order valence-electron chi connectivity index (χ3n) is 2.66. The Morgan fingerprint density at radius 1 is 1.69 bits per heavy atom. The molecule has 0 bridgehead atoms. The summed E-state index contributed by atoms with van der Waals surface area (Å²) in [6.45, 7) is 0.710. The molecule has 5 nitrogen and oxygen atoms in total. The molecule has 0 aliphatic carbocycles. The molecule has 1 amide bonds. The molecule has 1 atom stereocenters. The van der Waals surface area contributed by atoms with E-state index in [2.05, 4.69) is 15.5 Å². The number of H-pyrrole nitrogens is 1. The normalized spacial score (nSPS) is 20.6. The Balaban J connectivity index is 1.81. The number of nitrogen functional groups attached to an aromatic ring is 1. The maximum absolute atomic E-state index is 11.7. The van der Waals surface area contributed by atoms with Crippen LogP contribution in [0.15, 0.2) is 6.20 Å². The lowest BCUT2D eigenvalue weighted by Crippen LogP contribution is -2.32. The Bertz CT molecular complexity index is 359. The van der Waals surface area contributed by atoms with Gasteiger partial charge < -0.3 is 11.1 Å². The van der Waals surface area contributed by atoms with Gasteiger partial charge in [0.15, 0.2) is 0 Å². The molecule has 1 aromatic rings. The predicted octanol–water partition coefficient (Wildman–Crippen LogP) is 1.01. The highest BCUT2D eigenvalue weighted by Gasteiger charge is 2.16. The van der Waals surface area contributed by atoms with Crippen LogP contribution in [0.4, 0.5) is 5.69 Å². The molecule has 0 saturated carbocycles. The lowest BCUT2D eigenvalue weighted by atomic mass is 10.2. The summed E-state index contributed by atoms with van der Waals surface area (Å²) in [5.41, 5.74) is 6.35. The van der Waals surface area contributed by atoms with Crippen molar-refractivity contribution in [3.63, 3.8) is 0 Å². The van der Waals surface area contributed by atoms with E-state index in [9.17, 15) is 4.79 Å². The van der Waals surface area contributed by atoms with Gasteiger partial charge in [0.25, 0.3) is 5.91 Å². The fourth-order valence-corrected chi connectivity index (χ4v) is 2.98. The molecule has 6 heteroatoms. The van der Waals surface area contributed by atoms with Crippen LogP contribution in [0.5, 0.6) is 0 Å². The van der Waals surface area contributed by atoms with E-state index in [4.69, 9.17) is 5.73 Å². The molecule has 0 spiro atoms. The number of nitrogens with one attached hydrogen (secondary N) is 2. The zero-order valence-corrected chi connectivity index (χ0v) is 9.85. The van der Waals surface area contributed by atoms with Gasteiger partial charge in [-0.05, 0) is 18.6 Å². The fourth-order valence-electron chi connectivity index (χ4n) is 1.74. The highest BCUT2D eigenvalue weighted by Crippen LogP contribution is 2.24. The minimum absolute atomic E-state index is 0.166. The largest absolute Gasteiger partial charge is 0.396 e. The second-order valence-corrected chi connectivity index (χ2v) is 5.31. The van der Waals surface area contributed by atoms with E-state index < -0.39 is 0 Å². The van der Waals surface area contributed by atoms with E-state index in [0.717, 1.165) is 0 Å². The van der Waals surface area contributed by atoms with Crippen LogP contribution in [0, 0.1) is 0 Å². The van der Waals surface area contributed by atoms with Crippen LogP contribution in [0.25, 0.3) is 0 Å². The Hall–Kier alpha value is -1.17. The number of aromatic nitrogens is 2. The van der Waals surface area contributed by atoms with Crippen molar-refractivity contribution in [2.24, 2.45) is 0 Å². The molecule has 16 heavy (non-hydrogen) atoms. The quantitative estimate of drug-likeness (QED) is 0.736. The van der Waals surface area contributed by atoms with Crippen molar-refractivity contribution in [1.29, 1.82) is 0 Å². The van der Waals surface area contributed by atoms with Crippen molar-refractivity contribution in [1.82, 2.24) is 15.5 Å². The van der Waals surface area contributed by atoms with Crippen LogP contribution < -0.4 is 11.1 Å². The van der Waals surface area contributed by atoms with Crippen molar-refractivity contribution in [2.75, 3.05) is 18.0 Å². The third kappa shape index (κ3) is 2.69. The monoisotopic (exact) mass is 240 g/mol. The number of nitrogens with two attached hydrogens (primary N) is 1. The Morgan fingerprint density at radius 2 is 2.56 bits per heavy atom. The standard InChI is InChI=1S/C10H16N4OS/c11-8-6-13-14-9(8)10(15)12-5-7-3-1-2-4-16-7/h6-7H,1-5,11H2,(H,12,15)(H,13,14). The molecule has 0 aromatic carbocycles. The van der Waals surface area contributed by atoms with Gasteiger partial charge in [-0.2, -0.15) is 16.9 Å². The number of aromatic amines is 1. The molecule has 2 rings (SSSR count). The number of carbonyl (C=O) groups is 1. The van der Waals surface area contributed by atoms with Crippen molar-refractivity contribution in [3.05, 3.63) is 11.9 Å². The zero-order valence-electron chi connectivity index (χ0n) is 9.03. The molecular formula is C10H16N4OS. The van der Waals surface area contributed by atoms with E-state index in [1.807, 2.05) is 11.8 Å². The summed E-state index contributed by atoms with van der Waals surface area (Å²) < 4.78 is 0. The summed E-state index contributed by atoms with van der Waals surface area (Å²) in [5, 5.41) is 9.75. The molecule has 1 saturated heterocycles. The lowest BCUT2D eigenvalue weighted by molar-refractivity contribution is 0.0949. The first kappa shape index (κ1) is 11.3. The van der Waals surface area contributed by atoms with Crippen molar-refractivity contribution < 1.29 is 4.79 Å². The van der Waals surface area contributed by atoms with Crippen LogP contribution in [0.1, 0.15) is 29.8 Å². The molecule has 2 heterocycles. The molecule has 1 aromatic heterocycles. The highest BCUT2D eigenvalue weighted by molar-refractivity contribution is 7.99. The predicted molar refractivity (Wildman–Crippen MR) is 65.4 cm³/mol. The highest BCUT2D eigenvalue weighted by atomic mass is 32.2. The first-order valence-electron chi connectivity index (χ1n) is 5.46. The second-order valence-electron chi connectivity index (χ2n) is 3.90. The van der Waals surface area contributed by atoms with Gasteiger partial charge in [0.05, 0.1) is 11.9 Å². The topological polar surface area (TPSA) is 83.8 Å². The van der Waals surface area contributed by atoms with E-state index in [-0.39, 0.29) is 5.91 Å². The van der Waals surface area contributed by atoms with E-state index in [1.54, 1.807) is 0 Å². The molecular weight excluding hydrogens is 224 g/mol. The summed E-state index contributed by atoms with van der Waals surface area (Å²) in [7, 11) is 0. The Kier molecular flexibility index (Phi) is 3.71. The number of anilines is 1. The molecule has 1 aliphatic heterocycles. The third-order valence-corrected chi connectivity index (χ3v) is 4.06. The number of hydrogen-bond acceptors (Lipinski definition) is 4. The Labute approximate surface area is 98.6 Å². The zero-order chi connectivity index (χ0) is 11.4. The van der Waals surface area contributed by atoms with Gasteiger partial charge in [-0.15, -0.1) is 0 Å². The average molecular weight is 240 g/mol. The van der Waals surface area contributed by atoms with Crippen molar-refractivity contribution >= 4 is 23.4 Å². The number of hydrogen-bond donors (Lipinski definition) is 3. The maximum Gasteiger partial charge on any atom is 0.271 e. The smallest absolute Gasteiger partial charge is 0.271 e. The van der Waals surface area contributed by atoms with Gasteiger partial charge in [-0.1, -0.05) is 6.42 Å². The van der Waals surface area contributed by atoms with Crippen molar-refractivity contribution in [2.45, 2.75) is 24.5 Å². The molecule has 1 fully saturated rings. The molecule has 88 valence electrons. The first-order valence-corrected chi connectivity index (χ1v) is 6.51. The van der Waals surface area contributed by atoms with E-state index >= 15 is 0 Å². The summed E-state index contributed by atoms with van der Waals surface area (Å²) in [6.07, 6.45) is 5.19. The van der Waals surface area contributed by atoms with E-state index in [0.29, 0.717) is 23.2 Å². The van der Waals surface area contributed by atoms with Crippen LogP contribution >= 0.6 is 11.8 Å². The number of thioether (sulfide) groups is 1. The van der Waals surface area contributed by atoms with Crippen LogP contribution in [0.2, 0.25) is 0 Å². The summed E-state index contributed by atoms with van der Waals surface area (Å²) >= 11 is 1.93. The van der Waals surface area contributed by atoms with Crippen LogP contribution in [0.3, 0.4) is 0 Å². The lowest BCUT2D eigenvalue weighted by Gasteiger charge is -2.21. The second kappa shape index (κ2) is 5.25. The van der Waals surface area contributed by atoms with Gasteiger partial charge in [-0.3, -0.25) is 9.89 Å². The van der Waals surface area contributed by atoms with Gasteiger partial charge in [-0.25, -0.2) is 0 Å². The van der Waals surface area contributed by atoms with Crippen molar-refractivity contribution in [3.8, 4) is 0 Å². The number of rotatable bonds is 3. The first-order chi connectivity index (χ1) is 7.77. The van der Waals surface area contributed by atoms with Crippen LogP contribution in [-0.2, 0) is 0 Å². The van der Waals surface area contributed by atoms with Gasteiger partial charge in [0.1, 0.15) is 5.69 Å². The van der Waals surface area contributed by atoms with Gasteiger partial charge >= 0.3 is 0 Å². The van der Waals surface area contributed by atoms with Gasteiger partial charge in [0, 0.05) is 11.8 Å². The molecule has 1 aliphatic rings. The molecule has 1 unspecified atom stereocenters. The summed E-state index contributed by atoms with van der Waals surface area (Å²) in [5.74, 6) is 1.04. The number of carbonyl (C=O) groups excluding carboxylic acids is 1.